The smallest absolute Gasteiger partial charge is 0.339 e. The van der Waals surface area contributed by atoms with Crippen molar-refractivity contribution in [2.75, 3.05) is 17.4 Å². The largest absolute Gasteiger partial charge is 0.508 e. The number of benzene rings is 4. The number of phenolic OH excluding ortho intramolecular Hbond substituents is 1. The number of hydrogen-bond acceptors (Lipinski definition) is 9. The Morgan fingerprint density at radius 3 is 2.28 bits per heavy atom. The Balaban J connectivity index is 1.32. The first-order valence-corrected chi connectivity index (χ1v) is 17.4. The number of nitrogens with zero attached hydrogens (tertiary/aromatic N) is 2. The van der Waals surface area contributed by atoms with Gasteiger partial charge >= 0.3 is 5.97 Å². The van der Waals surface area contributed by atoms with Crippen molar-refractivity contribution in [3.8, 4) is 17.2 Å². The summed E-state index contributed by atoms with van der Waals surface area (Å²) in [6, 6.07) is 19.6. The molecule has 4 N–H and O–H groups in total. The maximum atomic E-state index is 15.2. The number of rotatable bonds is 7. The van der Waals surface area contributed by atoms with Gasteiger partial charge in [0.2, 0.25) is 11.8 Å². The Morgan fingerprint density at radius 1 is 0.889 bits per heavy atom. The van der Waals surface area contributed by atoms with Gasteiger partial charge in [-0.2, -0.15) is 5.01 Å². The van der Waals surface area contributed by atoms with E-state index in [1.54, 1.807) is 42.5 Å². The number of nitrogens with one attached hydrogen (secondary N) is 1. The molecule has 6 unspecified atom stereocenters. The predicted molar refractivity (Wildman–Crippen MR) is 191 cm³/mol. The molecule has 4 aromatic rings. The van der Waals surface area contributed by atoms with Gasteiger partial charge in [0.15, 0.2) is 0 Å². The van der Waals surface area contributed by atoms with Crippen molar-refractivity contribution in [1.29, 1.82) is 0 Å². The third kappa shape index (κ3) is 5.06. The highest BCUT2D eigenvalue weighted by Gasteiger charge is 2.70. The average Bonchev–Trinajstić information content (AvgIpc) is 3.53. The molecule has 2 aliphatic carbocycles. The minimum absolute atomic E-state index is 0.0152. The van der Waals surface area contributed by atoms with Crippen molar-refractivity contribution >= 4 is 52.6 Å². The topological polar surface area (TPSA) is 174 Å². The molecule has 8 rings (SSSR count). The molecule has 4 amide bonds. The lowest BCUT2D eigenvalue weighted by Gasteiger charge is -2.50. The van der Waals surface area contributed by atoms with Crippen LogP contribution >= 0.6 is 11.6 Å². The van der Waals surface area contributed by atoms with Crippen molar-refractivity contribution in [1.82, 2.24) is 5.01 Å². The molecule has 4 aliphatic rings. The maximum absolute atomic E-state index is 15.2. The third-order valence-corrected chi connectivity index (χ3v) is 11.5. The second kappa shape index (κ2) is 12.7. The van der Waals surface area contributed by atoms with Gasteiger partial charge in [-0.3, -0.25) is 24.6 Å². The van der Waals surface area contributed by atoms with Gasteiger partial charge in [-0.15, -0.1) is 0 Å². The quantitative estimate of drug-likeness (QED) is 0.134. The number of phenols is 2. The van der Waals surface area contributed by atoms with Crippen LogP contribution < -0.4 is 15.1 Å². The first-order chi connectivity index (χ1) is 25.9. The molecule has 0 bridgehead atoms. The van der Waals surface area contributed by atoms with Gasteiger partial charge in [0.1, 0.15) is 28.6 Å². The minimum Gasteiger partial charge on any atom is -0.508 e. The summed E-state index contributed by atoms with van der Waals surface area (Å²) in [5, 5.41) is 32.7. The van der Waals surface area contributed by atoms with E-state index in [9.17, 15) is 38.9 Å². The van der Waals surface area contributed by atoms with E-state index < -0.39 is 81.7 Å². The lowest BCUT2D eigenvalue weighted by Crippen LogP contribution is -2.53. The normalized spacial score (nSPS) is 25.9. The fraction of sp³-hybridized carbons (Fsp3) is 0.225. The number of hydrazine groups is 1. The van der Waals surface area contributed by atoms with E-state index in [4.69, 9.17) is 16.3 Å². The number of ether oxygens (including phenoxy) is 1. The van der Waals surface area contributed by atoms with E-state index in [0.29, 0.717) is 21.9 Å². The fourth-order valence-electron chi connectivity index (χ4n) is 8.98. The summed E-state index contributed by atoms with van der Waals surface area (Å²) < 4.78 is 19.4. The zero-order chi connectivity index (χ0) is 38.2. The summed E-state index contributed by atoms with van der Waals surface area (Å²) in [6.07, 6.45) is 1.81. The standard InChI is InChI=1S/C40H31ClFN3O9/c1-54-24-11-15-31(46)29(17-24)34-25-13-14-27-33(37(50)44(35(27)48)23-10-12-26(38(51)52)32(47)16-23)28(25)18-30-36(49)45(43-22-8-6-21(42)7-9-22)39(53)40(30,34)19-2-4-20(41)5-3-19/h2-13,15-17,27-28,30,33-34,43,46-47H,14,18H2,1H3,(H,51,52). The Bertz CT molecular complexity index is 2310. The lowest BCUT2D eigenvalue weighted by molar-refractivity contribution is -0.138. The Hall–Kier alpha value is -6.21. The van der Waals surface area contributed by atoms with Crippen LogP contribution in [-0.2, 0) is 24.6 Å². The molecular weight excluding hydrogens is 721 g/mol. The zero-order valence-corrected chi connectivity index (χ0v) is 29.2. The third-order valence-electron chi connectivity index (χ3n) is 11.3. The van der Waals surface area contributed by atoms with E-state index >= 15 is 4.79 Å². The summed E-state index contributed by atoms with van der Waals surface area (Å²) in [5.41, 5.74) is 2.19. The van der Waals surface area contributed by atoms with Crippen LogP contribution in [0.5, 0.6) is 17.2 Å². The molecule has 2 heterocycles. The molecule has 1 saturated carbocycles. The van der Waals surface area contributed by atoms with Gasteiger partial charge in [-0.1, -0.05) is 35.4 Å². The van der Waals surface area contributed by atoms with Crippen LogP contribution in [0.2, 0.25) is 5.02 Å². The van der Waals surface area contributed by atoms with Crippen molar-refractivity contribution in [2.45, 2.75) is 24.2 Å². The fourth-order valence-corrected chi connectivity index (χ4v) is 9.11. The van der Waals surface area contributed by atoms with E-state index in [0.717, 1.165) is 22.0 Å². The van der Waals surface area contributed by atoms with E-state index in [1.807, 2.05) is 0 Å². The molecule has 4 aromatic carbocycles. The number of fused-ring (bicyclic) bond motifs is 4. The second-order valence-corrected chi connectivity index (χ2v) is 14.3. The van der Waals surface area contributed by atoms with E-state index in [-0.39, 0.29) is 35.5 Å². The highest BCUT2D eigenvalue weighted by atomic mass is 35.5. The maximum Gasteiger partial charge on any atom is 0.339 e. The number of halogens is 2. The number of allylic oxidation sites excluding steroid dienone is 2. The number of carbonyl (C=O) groups is 5. The number of hydrogen-bond donors (Lipinski definition) is 4. The van der Waals surface area contributed by atoms with Gasteiger partial charge in [-0.05, 0) is 91.1 Å². The SMILES string of the molecule is COc1ccc(O)c(C2C3=CCC4C(=O)N(c5ccc(C(=O)O)c(O)c5)C(=O)C4C3CC3C(=O)N(Nc4ccc(F)cc4)C(=O)C32c2ccc(Cl)cc2)c1. The zero-order valence-electron chi connectivity index (χ0n) is 28.4. The van der Waals surface area contributed by atoms with Crippen LogP contribution in [0.15, 0.2) is 96.6 Å². The summed E-state index contributed by atoms with van der Waals surface area (Å²) in [4.78, 5) is 71.0. The molecule has 0 radical (unpaired) electrons. The number of carboxylic acid groups (broad SMARTS) is 1. The number of aromatic hydroxyl groups is 2. The number of amides is 4. The molecule has 2 aliphatic heterocycles. The van der Waals surface area contributed by atoms with Crippen molar-refractivity contribution in [3.63, 3.8) is 0 Å². The molecule has 12 nitrogen and oxygen atoms in total. The highest BCUT2D eigenvalue weighted by molar-refractivity contribution is 6.30. The Labute approximate surface area is 312 Å². The molecule has 54 heavy (non-hydrogen) atoms. The highest BCUT2D eigenvalue weighted by Crippen LogP contribution is 2.65. The molecule has 6 atom stereocenters. The number of carboxylic acids is 1. The number of imide groups is 2. The van der Waals surface area contributed by atoms with Crippen LogP contribution in [-0.4, -0.2) is 57.0 Å². The number of carbonyl (C=O) groups excluding carboxylic acids is 4. The van der Waals surface area contributed by atoms with Gasteiger partial charge < -0.3 is 20.1 Å². The van der Waals surface area contributed by atoms with Crippen LogP contribution in [0.25, 0.3) is 0 Å². The summed E-state index contributed by atoms with van der Waals surface area (Å²) in [6.45, 7) is 0. The van der Waals surface area contributed by atoms with E-state index in [2.05, 4.69) is 5.43 Å². The molecule has 0 aromatic heterocycles. The molecular formula is C40H31ClFN3O9. The number of anilines is 2. The monoisotopic (exact) mass is 751 g/mol. The molecule has 2 saturated heterocycles. The number of methoxy groups -OCH3 is 1. The first-order valence-electron chi connectivity index (χ1n) is 17.0. The van der Waals surface area contributed by atoms with Crippen LogP contribution in [0.4, 0.5) is 15.8 Å². The van der Waals surface area contributed by atoms with Crippen molar-refractivity contribution in [2.24, 2.45) is 23.7 Å². The summed E-state index contributed by atoms with van der Waals surface area (Å²) >= 11 is 6.33. The summed E-state index contributed by atoms with van der Waals surface area (Å²) in [5.74, 6) is -9.81. The van der Waals surface area contributed by atoms with Crippen molar-refractivity contribution < 1.29 is 48.4 Å². The minimum atomic E-state index is -1.72. The van der Waals surface area contributed by atoms with Gasteiger partial charge in [0.05, 0.1) is 41.7 Å². The lowest BCUT2D eigenvalue weighted by atomic mass is 9.49. The van der Waals surface area contributed by atoms with Crippen molar-refractivity contribution in [3.05, 3.63) is 124 Å². The first kappa shape index (κ1) is 34.9. The predicted octanol–water partition coefficient (Wildman–Crippen LogP) is 5.79. The molecule has 274 valence electrons. The summed E-state index contributed by atoms with van der Waals surface area (Å²) in [7, 11) is 1.44. The van der Waals surface area contributed by atoms with Crippen LogP contribution in [0, 0.1) is 29.5 Å². The van der Waals surface area contributed by atoms with Crippen LogP contribution in [0.1, 0.15) is 40.2 Å². The van der Waals surface area contributed by atoms with Crippen LogP contribution in [0.3, 0.4) is 0 Å². The average molecular weight is 752 g/mol. The van der Waals surface area contributed by atoms with Gasteiger partial charge in [0, 0.05) is 22.6 Å². The Kier molecular flexibility index (Phi) is 8.22. The Morgan fingerprint density at radius 2 is 1.61 bits per heavy atom. The molecule has 0 spiro atoms. The molecule has 3 fully saturated rings. The van der Waals surface area contributed by atoms with Gasteiger partial charge in [0.25, 0.3) is 11.8 Å². The molecule has 14 heteroatoms. The van der Waals surface area contributed by atoms with Gasteiger partial charge in [-0.25, -0.2) is 14.1 Å². The van der Waals surface area contributed by atoms with E-state index in [1.165, 1.54) is 43.5 Å². The number of aromatic carboxylic acids is 1. The second-order valence-electron chi connectivity index (χ2n) is 13.8.